The molecule has 1 aromatic rings. The zero-order valence-corrected chi connectivity index (χ0v) is 7.64. The minimum Gasteiger partial charge on any atom is -0.481 e. The average Bonchev–Trinajstić information content (AvgIpc) is 1.98. The van der Waals surface area contributed by atoms with Gasteiger partial charge in [0, 0.05) is 4.90 Å². The third kappa shape index (κ3) is 2.01. The second kappa shape index (κ2) is 3.63. The number of hydrogen-bond acceptors (Lipinski definition) is 2. The van der Waals surface area contributed by atoms with Crippen molar-refractivity contribution in [3.8, 4) is 0 Å². The highest BCUT2D eigenvalue weighted by molar-refractivity contribution is 7.80. The quantitative estimate of drug-likeness (QED) is 0.685. The smallest absolute Gasteiger partial charge is 0.307 e. The van der Waals surface area contributed by atoms with Crippen LogP contribution in [0, 0.1) is 6.92 Å². The lowest BCUT2D eigenvalue weighted by atomic mass is 10.1. The highest BCUT2D eigenvalue weighted by Crippen LogP contribution is 2.18. The van der Waals surface area contributed by atoms with E-state index >= 15 is 0 Å². The number of carboxylic acid groups (broad SMARTS) is 1. The van der Waals surface area contributed by atoms with Gasteiger partial charge in [-0.15, -0.1) is 12.6 Å². The summed E-state index contributed by atoms with van der Waals surface area (Å²) >= 11 is 4.22. The molecular formula is C9H10O2S. The maximum atomic E-state index is 10.4. The first kappa shape index (κ1) is 9.13. The second-order valence-electron chi connectivity index (χ2n) is 2.65. The number of benzene rings is 1. The summed E-state index contributed by atoms with van der Waals surface area (Å²) in [4.78, 5) is 11.2. The number of hydrogen-bond donors (Lipinski definition) is 2. The summed E-state index contributed by atoms with van der Waals surface area (Å²) in [7, 11) is 0. The van der Waals surface area contributed by atoms with Crippen molar-refractivity contribution in [2.75, 3.05) is 0 Å². The number of thiol groups is 1. The monoisotopic (exact) mass is 182 g/mol. The van der Waals surface area contributed by atoms with Crippen LogP contribution >= 0.6 is 12.6 Å². The summed E-state index contributed by atoms with van der Waals surface area (Å²) in [5.74, 6) is -0.823. The molecule has 0 aromatic heterocycles. The van der Waals surface area contributed by atoms with Gasteiger partial charge in [0.05, 0.1) is 6.42 Å². The molecule has 0 unspecified atom stereocenters. The van der Waals surface area contributed by atoms with Gasteiger partial charge in [-0.3, -0.25) is 4.79 Å². The third-order valence-electron chi connectivity index (χ3n) is 1.66. The summed E-state index contributed by atoms with van der Waals surface area (Å²) in [5.41, 5.74) is 1.78. The number of carboxylic acids is 1. The topological polar surface area (TPSA) is 37.3 Å². The van der Waals surface area contributed by atoms with Gasteiger partial charge < -0.3 is 5.11 Å². The normalized spacial score (nSPS) is 9.83. The predicted molar refractivity (Wildman–Crippen MR) is 49.8 cm³/mol. The molecule has 0 bridgehead atoms. The van der Waals surface area contributed by atoms with Crippen LogP contribution in [0.25, 0.3) is 0 Å². The maximum absolute atomic E-state index is 10.4. The Morgan fingerprint density at radius 2 is 2.25 bits per heavy atom. The van der Waals surface area contributed by atoms with Crippen molar-refractivity contribution in [2.24, 2.45) is 0 Å². The van der Waals surface area contributed by atoms with Gasteiger partial charge in [0.15, 0.2) is 0 Å². The van der Waals surface area contributed by atoms with E-state index in [-0.39, 0.29) is 6.42 Å². The Balaban J connectivity index is 3.00. The molecule has 0 aliphatic rings. The van der Waals surface area contributed by atoms with E-state index in [0.29, 0.717) is 0 Å². The van der Waals surface area contributed by atoms with Crippen molar-refractivity contribution in [1.29, 1.82) is 0 Å². The van der Waals surface area contributed by atoms with E-state index in [1.165, 1.54) is 0 Å². The van der Waals surface area contributed by atoms with Crippen molar-refractivity contribution in [2.45, 2.75) is 18.2 Å². The first-order chi connectivity index (χ1) is 5.61. The lowest BCUT2D eigenvalue weighted by molar-refractivity contribution is -0.136. The van der Waals surface area contributed by atoms with E-state index in [9.17, 15) is 4.79 Å². The Hall–Kier alpha value is -0.960. The highest BCUT2D eigenvalue weighted by Gasteiger charge is 2.04. The largest absolute Gasteiger partial charge is 0.481 e. The van der Waals surface area contributed by atoms with E-state index in [4.69, 9.17) is 5.11 Å². The Morgan fingerprint density at radius 1 is 1.58 bits per heavy atom. The second-order valence-corrected chi connectivity index (χ2v) is 3.10. The molecule has 0 saturated heterocycles. The molecule has 0 atom stereocenters. The number of aryl methyl sites for hydroxylation is 1. The van der Waals surface area contributed by atoms with E-state index < -0.39 is 5.97 Å². The molecule has 64 valence electrons. The van der Waals surface area contributed by atoms with Crippen LogP contribution in [0.5, 0.6) is 0 Å². The van der Waals surface area contributed by atoms with Gasteiger partial charge in [0.1, 0.15) is 0 Å². The Morgan fingerprint density at radius 3 is 2.83 bits per heavy atom. The fourth-order valence-electron chi connectivity index (χ4n) is 1.03. The molecule has 0 aliphatic carbocycles. The van der Waals surface area contributed by atoms with Crippen LogP contribution in [0.1, 0.15) is 11.1 Å². The molecule has 12 heavy (non-hydrogen) atoms. The van der Waals surface area contributed by atoms with Crippen LogP contribution in [0.15, 0.2) is 23.1 Å². The van der Waals surface area contributed by atoms with Crippen molar-refractivity contribution in [3.05, 3.63) is 29.3 Å². The van der Waals surface area contributed by atoms with Crippen LogP contribution in [-0.4, -0.2) is 11.1 Å². The third-order valence-corrected chi connectivity index (χ3v) is 2.30. The van der Waals surface area contributed by atoms with Gasteiger partial charge in [-0.05, 0) is 18.1 Å². The molecule has 1 rings (SSSR count). The van der Waals surface area contributed by atoms with Crippen LogP contribution in [0.4, 0.5) is 0 Å². The van der Waals surface area contributed by atoms with Gasteiger partial charge in [0.2, 0.25) is 0 Å². The summed E-state index contributed by atoms with van der Waals surface area (Å²) in [6.07, 6.45) is 0.0422. The van der Waals surface area contributed by atoms with Crippen LogP contribution in [0.2, 0.25) is 0 Å². The van der Waals surface area contributed by atoms with Gasteiger partial charge in [-0.2, -0.15) is 0 Å². The molecule has 1 N–H and O–H groups in total. The molecular weight excluding hydrogens is 172 g/mol. The average molecular weight is 182 g/mol. The molecule has 0 saturated carbocycles. The fourth-order valence-corrected chi connectivity index (χ4v) is 1.25. The number of carbonyl (C=O) groups is 1. The lowest BCUT2D eigenvalue weighted by Crippen LogP contribution is -2.01. The van der Waals surface area contributed by atoms with Gasteiger partial charge in [-0.25, -0.2) is 0 Å². The summed E-state index contributed by atoms with van der Waals surface area (Å²) < 4.78 is 0. The molecule has 0 radical (unpaired) electrons. The molecule has 0 aliphatic heterocycles. The van der Waals surface area contributed by atoms with Crippen LogP contribution in [-0.2, 0) is 11.2 Å². The first-order valence-corrected chi connectivity index (χ1v) is 4.05. The standard InChI is InChI=1S/C9H10O2S/c1-6-3-2-4-7(9(6)12)5-8(10)11/h2-4,12H,5H2,1H3,(H,10,11). The molecule has 1 aromatic carbocycles. The van der Waals surface area contributed by atoms with Crippen molar-refractivity contribution in [3.63, 3.8) is 0 Å². The van der Waals surface area contributed by atoms with Crippen LogP contribution in [0.3, 0.4) is 0 Å². The number of rotatable bonds is 2. The van der Waals surface area contributed by atoms with Gasteiger partial charge >= 0.3 is 5.97 Å². The molecule has 3 heteroatoms. The van der Waals surface area contributed by atoms with Gasteiger partial charge in [0.25, 0.3) is 0 Å². The SMILES string of the molecule is Cc1cccc(CC(=O)O)c1S. The predicted octanol–water partition coefficient (Wildman–Crippen LogP) is 1.91. The Labute approximate surface area is 76.6 Å². The Kier molecular flexibility index (Phi) is 2.76. The van der Waals surface area contributed by atoms with Crippen molar-refractivity contribution in [1.82, 2.24) is 0 Å². The molecule has 0 heterocycles. The molecule has 2 nitrogen and oxygen atoms in total. The van der Waals surface area contributed by atoms with Crippen molar-refractivity contribution < 1.29 is 9.90 Å². The molecule has 0 amide bonds. The summed E-state index contributed by atoms with van der Waals surface area (Å²) in [6, 6.07) is 5.53. The van der Waals surface area contributed by atoms with E-state index in [1.807, 2.05) is 19.1 Å². The van der Waals surface area contributed by atoms with Crippen molar-refractivity contribution >= 4 is 18.6 Å². The summed E-state index contributed by atoms with van der Waals surface area (Å²) in [6.45, 7) is 1.91. The molecule has 0 spiro atoms. The number of aliphatic carboxylic acids is 1. The van der Waals surface area contributed by atoms with E-state index in [1.54, 1.807) is 6.07 Å². The molecule has 0 fully saturated rings. The van der Waals surface area contributed by atoms with Gasteiger partial charge in [-0.1, -0.05) is 18.2 Å². The van der Waals surface area contributed by atoms with E-state index in [0.717, 1.165) is 16.0 Å². The van der Waals surface area contributed by atoms with Crippen LogP contribution < -0.4 is 0 Å². The first-order valence-electron chi connectivity index (χ1n) is 3.60. The summed E-state index contributed by atoms with van der Waals surface area (Å²) in [5, 5.41) is 8.55. The zero-order valence-electron chi connectivity index (χ0n) is 6.74. The van der Waals surface area contributed by atoms with E-state index in [2.05, 4.69) is 12.6 Å². The highest BCUT2D eigenvalue weighted by atomic mass is 32.1. The Bertz CT molecular complexity index is 307. The lowest BCUT2D eigenvalue weighted by Gasteiger charge is -2.03. The minimum absolute atomic E-state index is 0.0422. The fraction of sp³-hybridized carbons (Fsp3) is 0.222. The maximum Gasteiger partial charge on any atom is 0.307 e. The minimum atomic E-state index is -0.823. The zero-order chi connectivity index (χ0) is 9.14.